The predicted molar refractivity (Wildman–Crippen MR) is 106 cm³/mol. The lowest BCUT2D eigenvalue weighted by Crippen LogP contribution is -2.47. The van der Waals surface area contributed by atoms with Crippen molar-refractivity contribution < 1.29 is 18.0 Å². The molecule has 0 unspecified atom stereocenters. The molecule has 1 aliphatic heterocycles. The molecule has 10 heteroatoms. The monoisotopic (exact) mass is 435 g/mol. The van der Waals surface area contributed by atoms with Gasteiger partial charge in [-0.2, -0.15) is 0 Å². The summed E-state index contributed by atoms with van der Waals surface area (Å²) in [6, 6.07) is 4.89. The molecule has 0 bridgehead atoms. The first-order valence-electron chi connectivity index (χ1n) is 8.58. The number of likely N-dealkylation sites (tertiary alicyclic amines) is 1. The summed E-state index contributed by atoms with van der Waals surface area (Å²) < 4.78 is 22.2. The van der Waals surface area contributed by atoms with Crippen LogP contribution in [0.15, 0.2) is 18.2 Å². The van der Waals surface area contributed by atoms with Gasteiger partial charge in [0.25, 0.3) is 0 Å². The SMILES string of the molecule is CS(=O)(=O)CCNC(=O)C1CCN(C(=O)NCc2ccc(Cl)cc2Cl)CC1. The second-order valence-corrected chi connectivity index (χ2v) is 9.68. The van der Waals surface area contributed by atoms with Gasteiger partial charge in [-0.05, 0) is 30.5 Å². The summed E-state index contributed by atoms with van der Waals surface area (Å²) in [5.74, 6) is -0.446. The van der Waals surface area contributed by atoms with Gasteiger partial charge < -0.3 is 15.5 Å². The van der Waals surface area contributed by atoms with Crippen molar-refractivity contribution in [2.75, 3.05) is 31.6 Å². The Morgan fingerprint density at radius 3 is 2.44 bits per heavy atom. The molecule has 27 heavy (non-hydrogen) atoms. The first-order valence-corrected chi connectivity index (χ1v) is 11.4. The van der Waals surface area contributed by atoms with Crippen LogP contribution in [0.1, 0.15) is 18.4 Å². The van der Waals surface area contributed by atoms with E-state index in [9.17, 15) is 18.0 Å². The highest BCUT2D eigenvalue weighted by molar-refractivity contribution is 7.90. The number of halogens is 2. The molecule has 0 radical (unpaired) electrons. The number of carbonyl (C=O) groups excluding carboxylic acids is 2. The fraction of sp³-hybridized carbons (Fsp3) is 0.529. The molecule has 3 amide bonds. The normalized spacial score (nSPS) is 15.4. The van der Waals surface area contributed by atoms with Crippen molar-refractivity contribution in [1.82, 2.24) is 15.5 Å². The number of benzene rings is 1. The number of hydrogen-bond donors (Lipinski definition) is 2. The van der Waals surface area contributed by atoms with Gasteiger partial charge in [0.15, 0.2) is 0 Å². The lowest BCUT2D eigenvalue weighted by atomic mass is 9.96. The second kappa shape index (κ2) is 9.61. The summed E-state index contributed by atoms with van der Waals surface area (Å²) in [5, 5.41) is 6.49. The van der Waals surface area contributed by atoms with E-state index in [0.717, 1.165) is 11.8 Å². The van der Waals surface area contributed by atoms with Gasteiger partial charge in [-0.25, -0.2) is 13.2 Å². The average molecular weight is 436 g/mol. The number of nitrogens with one attached hydrogen (secondary N) is 2. The van der Waals surface area contributed by atoms with Crippen LogP contribution >= 0.6 is 23.2 Å². The van der Waals surface area contributed by atoms with Crippen molar-refractivity contribution in [3.63, 3.8) is 0 Å². The van der Waals surface area contributed by atoms with Crippen molar-refractivity contribution >= 4 is 45.0 Å². The van der Waals surface area contributed by atoms with E-state index < -0.39 is 9.84 Å². The Hall–Kier alpha value is -1.51. The molecule has 0 aliphatic carbocycles. The van der Waals surface area contributed by atoms with E-state index in [-0.39, 0.29) is 30.2 Å². The molecule has 2 N–H and O–H groups in total. The van der Waals surface area contributed by atoms with Gasteiger partial charge in [-0.3, -0.25) is 4.79 Å². The van der Waals surface area contributed by atoms with E-state index in [2.05, 4.69) is 10.6 Å². The van der Waals surface area contributed by atoms with Crippen molar-refractivity contribution in [1.29, 1.82) is 0 Å². The minimum Gasteiger partial charge on any atom is -0.355 e. The molecular weight excluding hydrogens is 413 g/mol. The molecule has 1 heterocycles. The fourth-order valence-corrected chi connectivity index (χ4v) is 3.74. The molecule has 0 atom stereocenters. The lowest BCUT2D eigenvalue weighted by molar-refractivity contribution is -0.126. The van der Waals surface area contributed by atoms with Crippen LogP contribution in [0.25, 0.3) is 0 Å². The molecule has 1 aromatic rings. The number of urea groups is 1. The molecular formula is C17H23Cl2N3O4S. The Labute approximate surface area is 169 Å². The summed E-state index contributed by atoms with van der Waals surface area (Å²) in [6.45, 7) is 1.33. The molecule has 0 spiro atoms. The van der Waals surface area contributed by atoms with Crippen LogP contribution in [-0.2, 0) is 21.2 Å². The first kappa shape index (κ1) is 21.8. The van der Waals surface area contributed by atoms with Crippen LogP contribution in [0.5, 0.6) is 0 Å². The molecule has 2 rings (SSSR count). The number of carbonyl (C=O) groups is 2. The van der Waals surface area contributed by atoms with Crippen molar-refractivity contribution in [2.24, 2.45) is 5.92 Å². The maximum Gasteiger partial charge on any atom is 0.317 e. The molecule has 0 aromatic heterocycles. The summed E-state index contributed by atoms with van der Waals surface area (Å²) in [6.07, 6.45) is 2.22. The zero-order chi connectivity index (χ0) is 20.0. The summed E-state index contributed by atoms with van der Waals surface area (Å²) >= 11 is 11.9. The maximum absolute atomic E-state index is 12.3. The highest BCUT2D eigenvalue weighted by atomic mass is 35.5. The zero-order valence-corrected chi connectivity index (χ0v) is 17.3. The topological polar surface area (TPSA) is 95.6 Å². The Morgan fingerprint density at radius 2 is 1.85 bits per heavy atom. The summed E-state index contributed by atoms with van der Waals surface area (Å²) in [5.41, 5.74) is 0.773. The van der Waals surface area contributed by atoms with Gasteiger partial charge in [0.05, 0.1) is 5.75 Å². The van der Waals surface area contributed by atoms with Crippen molar-refractivity contribution in [2.45, 2.75) is 19.4 Å². The largest absolute Gasteiger partial charge is 0.355 e. The smallest absolute Gasteiger partial charge is 0.317 e. The minimum absolute atomic E-state index is 0.0761. The second-order valence-electron chi connectivity index (χ2n) is 6.58. The number of sulfone groups is 1. The number of hydrogen-bond acceptors (Lipinski definition) is 4. The van der Waals surface area contributed by atoms with E-state index >= 15 is 0 Å². The van der Waals surface area contributed by atoms with Gasteiger partial charge in [0, 0.05) is 48.4 Å². The third-order valence-electron chi connectivity index (χ3n) is 4.37. The third kappa shape index (κ3) is 7.20. The summed E-state index contributed by atoms with van der Waals surface area (Å²) in [4.78, 5) is 26.0. The van der Waals surface area contributed by atoms with Crippen molar-refractivity contribution in [3.05, 3.63) is 33.8 Å². The van der Waals surface area contributed by atoms with Gasteiger partial charge in [-0.15, -0.1) is 0 Å². The Balaban J connectivity index is 1.74. The van der Waals surface area contributed by atoms with Crippen LogP contribution in [0.4, 0.5) is 4.79 Å². The Morgan fingerprint density at radius 1 is 1.19 bits per heavy atom. The van der Waals surface area contributed by atoms with E-state index in [1.165, 1.54) is 0 Å². The number of nitrogens with zero attached hydrogens (tertiary/aromatic N) is 1. The molecule has 1 aliphatic rings. The van der Waals surface area contributed by atoms with Crippen LogP contribution < -0.4 is 10.6 Å². The highest BCUT2D eigenvalue weighted by Gasteiger charge is 2.27. The number of piperidine rings is 1. The van der Waals surface area contributed by atoms with Gasteiger partial charge in [0.1, 0.15) is 9.84 Å². The fourth-order valence-electron chi connectivity index (χ4n) is 2.80. The van der Waals surface area contributed by atoms with Gasteiger partial charge >= 0.3 is 6.03 Å². The molecule has 150 valence electrons. The van der Waals surface area contributed by atoms with Crippen molar-refractivity contribution in [3.8, 4) is 0 Å². The predicted octanol–water partition coefficient (Wildman–Crippen LogP) is 2.08. The molecule has 1 fully saturated rings. The van der Waals surface area contributed by atoms with E-state index in [4.69, 9.17) is 23.2 Å². The number of rotatable bonds is 6. The van der Waals surface area contributed by atoms with Gasteiger partial charge in [-0.1, -0.05) is 29.3 Å². The van der Waals surface area contributed by atoms with Crippen LogP contribution in [-0.4, -0.2) is 56.9 Å². The van der Waals surface area contributed by atoms with Crippen LogP contribution in [0.3, 0.4) is 0 Å². The first-order chi connectivity index (χ1) is 12.7. The Bertz CT molecular complexity index is 793. The molecule has 0 saturated carbocycles. The van der Waals surface area contributed by atoms with Crippen LogP contribution in [0, 0.1) is 5.92 Å². The zero-order valence-electron chi connectivity index (χ0n) is 15.0. The van der Waals surface area contributed by atoms with E-state index in [1.807, 2.05) is 0 Å². The number of amides is 3. The lowest BCUT2D eigenvalue weighted by Gasteiger charge is -2.31. The van der Waals surface area contributed by atoms with Gasteiger partial charge in [0.2, 0.25) is 5.91 Å². The average Bonchev–Trinajstić information content (AvgIpc) is 2.59. The minimum atomic E-state index is -3.10. The van der Waals surface area contributed by atoms with Crippen LogP contribution in [0.2, 0.25) is 10.0 Å². The third-order valence-corrected chi connectivity index (χ3v) is 5.90. The maximum atomic E-state index is 12.3. The Kier molecular flexibility index (Phi) is 7.76. The van der Waals surface area contributed by atoms with E-state index in [1.54, 1.807) is 23.1 Å². The van der Waals surface area contributed by atoms with E-state index in [0.29, 0.717) is 42.5 Å². The summed E-state index contributed by atoms with van der Waals surface area (Å²) in [7, 11) is -3.10. The highest BCUT2D eigenvalue weighted by Crippen LogP contribution is 2.21. The molecule has 1 saturated heterocycles. The molecule has 1 aromatic carbocycles. The molecule has 7 nitrogen and oxygen atoms in total. The quantitative estimate of drug-likeness (QED) is 0.714. The standard InChI is InChI=1S/C17H23Cl2N3O4S/c1-27(25,26)9-6-20-16(23)12-4-7-22(8-5-12)17(24)21-11-13-2-3-14(18)10-15(13)19/h2-3,10,12H,4-9,11H2,1H3,(H,20,23)(H,21,24).